The summed E-state index contributed by atoms with van der Waals surface area (Å²) in [5.74, 6) is -0.263. The summed E-state index contributed by atoms with van der Waals surface area (Å²) in [5.41, 5.74) is 1.21. The Balaban J connectivity index is 1.50. The fourth-order valence-electron chi connectivity index (χ4n) is 3.19. The molecule has 1 aromatic heterocycles. The number of esters is 1. The number of rotatable bonds is 4. The molecule has 1 aromatic rings. The van der Waals surface area contributed by atoms with Gasteiger partial charge in [-0.05, 0) is 43.2 Å². The van der Waals surface area contributed by atoms with Gasteiger partial charge in [-0.25, -0.2) is 13.2 Å². The van der Waals surface area contributed by atoms with Gasteiger partial charge in [-0.15, -0.1) is 11.3 Å². The smallest absolute Gasteiger partial charge is 0.348 e. The lowest BCUT2D eigenvalue weighted by atomic mass is 9.90. The van der Waals surface area contributed by atoms with Gasteiger partial charge in [-0.2, -0.15) is 0 Å². The van der Waals surface area contributed by atoms with Crippen LogP contribution in [0.15, 0.2) is 6.07 Å². The van der Waals surface area contributed by atoms with Gasteiger partial charge in [0, 0.05) is 10.9 Å². The van der Waals surface area contributed by atoms with Crippen LogP contribution in [0.2, 0.25) is 0 Å². The molecule has 24 heavy (non-hydrogen) atoms. The highest BCUT2D eigenvalue weighted by Gasteiger charge is 2.29. The Hall–Kier alpha value is -1.41. The SMILES string of the molecule is C[C@H]1CCc2sc(C(=O)OCC(=O)N[C@@H]3CCS(=O)(=O)C3)cc2C1. The minimum absolute atomic E-state index is 0.0392. The molecule has 1 amide bonds. The number of thiophene rings is 1. The predicted molar refractivity (Wildman–Crippen MR) is 91.0 cm³/mol. The van der Waals surface area contributed by atoms with E-state index in [1.54, 1.807) is 0 Å². The number of carbonyl (C=O) groups excluding carboxylic acids is 2. The third-order valence-corrected chi connectivity index (χ3v) is 7.45. The van der Waals surface area contributed by atoms with Crippen molar-refractivity contribution in [2.24, 2.45) is 5.92 Å². The average Bonchev–Trinajstić information content (AvgIpc) is 3.07. The van der Waals surface area contributed by atoms with Gasteiger partial charge >= 0.3 is 5.97 Å². The molecular weight excluding hydrogens is 350 g/mol. The van der Waals surface area contributed by atoms with E-state index in [1.807, 2.05) is 6.07 Å². The zero-order chi connectivity index (χ0) is 17.3. The highest BCUT2D eigenvalue weighted by molar-refractivity contribution is 7.91. The lowest BCUT2D eigenvalue weighted by Gasteiger charge is -2.16. The molecule has 0 spiro atoms. The van der Waals surface area contributed by atoms with Crippen molar-refractivity contribution in [2.45, 2.75) is 38.6 Å². The van der Waals surface area contributed by atoms with E-state index in [0.717, 1.165) is 19.3 Å². The summed E-state index contributed by atoms with van der Waals surface area (Å²) < 4.78 is 27.8. The summed E-state index contributed by atoms with van der Waals surface area (Å²) in [6.45, 7) is 1.82. The third kappa shape index (κ3) is 4.16. The van der Waals surface area contributed by atoms with E-state index in [-0.39, 0.29) is 24.2 Å². The number of hydrogen-bond acceptors (Lipinski definition) is 6. The second-order valence-electron chi connectivity index (χ2n) is 6.65. The second kappa shape index (κ2) is 6.84. The van der Waals surface area contributed by atoms with Crippen molar-refractivity contribution in [3.8, 4) is 0 Å². The molecule has 8 heteroatoms. The van der Waals surface area contributed by atoms with Gasteiger partial charge in [0.1, 0.15) is 4.88 Å². The number of fused-ring (bicyclic) bond motifs is 1. The fraction of sp³-hybridized carbons (Fsp3) is 0.625. The van der Waals surface area contributed by atoms with Gasteiger partial charge in [0.15, 0.2) is 16.4 Å². The van der Waals surface area contributed by atoms with E-state index in [4.69, 9.17) is 4.74 Å². The summed E-state index contributed by atoms with van der Waals surface area (Å²) in [5, 5.41) is 2.60. The molecule has 0 radical (unpaired) electrons. The molecule has 1 fully saturated rings. The van der Waals surface area contributed by atoms with Gasteiger partial charge in [0.25, 0.3) is 5.91 Å². The lowest BCUT2D eigenvalue weighted by Crippen LogP contribution is -2.38. The second-order valence-corrected chi connectivity index (χ2v) is 10.0. The van der Waals surface area contributed by atoms with Crippen LogP contribution in [0.3, 0.4) is 0 Å². The number of hydrogen-bond donors (Lipinski definition) is 1. The van der Waals surface area contributed by atoms with Gasteiger partial charge in [-0.1, -0.05) is 6.92 Å². The van der Waals surface area contributed by atoms with Crippen molar-refractivity contribution in [3.05, 3.63) is 21.4 Å². The van der Waals surface area contributed by atoms with Crippen molar-refractivity contribution in [1.82, 2.24) is 5.32 Å². The number of sulfone groups is 1. The van der Waals surface area contributed by atoms with Crippen LogP contribution in [0.1, 0.15) is 39.9 Å². The normalized spacial score (nSPS) is 25.0. The van der Waals surface area contributed by atoms with E-state index in [1.165, 1.54) is 21.8 Å². The quantitative estimate of drug-likeness (QED) is 0.807. The molecule has 0 unspecified atom stereocenters. The van der Waals surface area contributed by atoms with E-state index >= 15 is 0 Å². The molecule has 2 heterocycles. The zero-order valence-corrected chi connectivity index (χ0v) is 15.2. The molecule has 0 saturated carbocycles. The molecule has 0 aromatic carbocycles. The first-order valence-corrected chi connectivity index (χ1v) is 10.7. The maximum atomic E-state index is 12.1. The summed E-state index contributed by atoms with van der Waals surface area (Å²) in [6.07, 6.45) is 3.52. The Labute approximate surface area is 145 Å². The number of carbonyl (C=O) groups is 2. The zero-order valence-electron chi connectivity index (χ0n) is 13.5. The Morgan fingerprint density at radius 3 is 2.88 bits per heavy atom. The molecule has 6 nitrogen and oxygen atoms in total. The van der Waals surface area contributed by atoms with Crippen LogP contribution < -0.4 is 5.32 Å². The minimum atomic E-state index is -3.04. The van der Waals surface area contributed by atoms with Crippen molar-refractivity contribution in [2.75, 3.05) is 18.1 Å². The van der Waals surface area contributed by atoms with Crippen LogP contribution in [0.25, 0.3) is 0 Å². The molecule has 1 aliphatic carbocycles. The average molecular weight is 371 g/mol. The van der Waals surface area contributed by atoms with Crippen LogP contribution in [0.5, 0.6) is 0 Å². The van der Waals surface area contributed by atoms with E-state index < -0.39 is 21.7 Å². The standard InChI is InChI=1S/C16H21NO5S2/c1-10-2-3-13-11(6-10)7-14(23-13)16(19)22-8-15(18)17-12-4-5-24(20,21)9-12/h7,10,12H,2-6,8-9H2,1H3,(H,17,18)/t10-,12+/m0/s1. The summed E-state index contributed by atoms with van der Waals surface area (Å²) in [4.78, 5) is 25.7. The maximum Gasteiger partial charge on any atom is 0.348 e. The molecule has 1 saturated heterocycles. The number of amides is 1. The molecule has 1 aliphatic heterocycles. The van der Waals surface area contributed by atoms with Crippen molar-refractivity contribution < 1.29 is 22.7 Å². The highest BCUT2D eigenvalue weighted by atomic mass is 32.2. The van der Waals surface area contributed by atoms with Gasteiger partial charge in [0.05, 0.1) is 11.5 Å². The predicted octanol–water partition coefficient (Wildman–Crippen LogP) is 1.33. The lowest BCUT2D eigenvalue weighted by molar-refractivity contribution is -0.124. The highest BCUT2D eigenvalue weighted by Crippen LogP contribution is 2.32. The van der Waals surface area contributed by atoms with Crippen LogP contribution in [-0.4, -0.2) is 44.4 Å². The molecule has 132 valence electrons. The van der Waals surface area contributed by atoms with E-state index in [0.29, 0.717) is 17.2 Å². The molecule has 0 bridgehead atoms. The van der Waals surface area contributed by atoms with Gasteiger partial charge < -0.3 is 10.1 Å². The summed E-state index contributed by atoms with van der Waals surface area (Å²) in [6, 6.07) is 1.50. The van der Waals surface area contributed by atoms with E-state index in [2.05, 4.69) is 12.2 Å². The summed E-state index contributed by atoms with van der Waals surface area (Å²) >= 11 is 1.44. The summed E-state index contributed by atoms with van der Waals surface area (Å²) in [7, 11) is -3.04. The molecule has 1 N–H and O–H groups in total. The first-order valence-electron chi connectivity index (χ1n) is 8.11. The minimum Gasteiger partial charge on any atom is -0.451 e. The first kappa shape index (κ1) is 17.4. The Morgan fingerprint density at radius 2 is 2.17 bits per heavy atom. The Kier molecular flexibility index (Phi) is 4.96. The molecule has 2 aliphatic rings. The van der Waals surface area contributed by atoms with Crippen molar-refractivity contribution in [1.29, 1.82) is 0 Å². The van der Waals surface area contributed by atoms with Gasteiger partial charge in [-0.3, -0.25) is 4.79 Å². The Morgan fingerprint density at radius 1 is 1.38 bits per heavy atom. The third-order valence-electron chi connectivity index (χ3n) is 4.46. The van der Waals surface area contributed by atoms with Crippen LogP contribution in [0.4, 0.5) is 0 Å². The molecular formula is C16H21NO5S2. The largest absolute Gasteiger partial charge is 0.451 e. The fourth-order valence-corrected chi connectivity index (χ4v) is 5.96. The van der Waals surface area contributed by atoms with Crippen LogP contribution in [-0.2, 0) is 32.2 Å². The van der Waals surface area contributed by atoms with Crippen molar-refractivity contribution >= 4 is 33.1 Å². The van der Waals surface area contributed by atoms with Crippen LogP contribution >= 0.6 is 11.3 Å². The monoisotopic (exact) mass is 371 g/mol. The Bertz CT molecular complexity index is 753. The van der Waals surface area contributed by atoms with Gasteiger partial charge in [0.2, 0.25) is 0 Å². The van der Waals surface area contributed by atoms with E-state index in [9.17, 15) is 18.0 Å². The first-order chi connectivity index (χ1) is 11.3. The van der Waals surface area contributed by atoms with Crippen molar-refractivity contribution in [3.63, 3.8) is 0 Å². The number of ether oxygens (including phenoxy) is 1. The molecule has 2 atom stereocenters. The number of aryl methyl sites for hydroxylation is 1. The number of nitrogens with one attached hydrogen (secondary N) is 1. The van der Waals surface area contributed by atoms with Crippen LogP contribution in [0, 0.1) is 5.92 Å². The molecule has 3 rings (SSSR count). The maximum absolute atomic E-state index is 12.1. The topological polar surface area (TPSA) is 89.5 Å².